The SMILES string of the molecule is O=c1nc(N(Cc2ccccc2)c2ccccc2)oc2ccccc12. The first kappa shape index (κ1) is 15.1. The number of benzene rings is 3. The molecule has 0 spiro atoms. The van der Waals surface area contributed by atoms with Gasteiger partial charge in [-0.25, -0.2) is 0 Å². The summed E-state index contributed by atoms with van der Waals surface area (Å²) in [5, 5.41) is 0.485. The van der Waals surface area contributed by atoms with E-state index in [1.165, 1.54) is 0 Å². The van der Waals surface area contributed by atoms with Crippen molar-refractivity contribution < 1.29 is 4.42 Å². The Labute approximate surface area is 145 Å². The van der Waals surface area contributed by atoms with Gasteiger partial charge in [-0.3, -0.25) is 9.69 Å². The molecule has 0 fully saturated rings. The maximum atomic E-state index is 12.4. The quantitative estimate of drug-likeness (QED) is 0.552. The lowest BCUT2D eigenvalue weighted by atomic mass is 10.2. The first-order valence-corrected chi connectivity index (χ1v) is 8.08. The Morgan fingerprint density at radius 3 is 2.20 bits per heavy atom. The number of para-hydroxylation sites is 2. The van der Waals surface area contributed by atoms with E-state index in [0.29, 0.717) is 23.5 Å². The number of aromatic nitrogens is 1. The molecule has 0 amide bonds. The van der Waals surface area contributed by atoms with Gasteiger partial charge in [0.05, 0.1) is 11.9 Å². The predicted molar refractivity (Wildman–Crippen MR) is 99.0 cm³/mol. The lowest BCUT2D eigenvalue weighted by Gasteiger charge is -2.22. The minimum atomic E-state index is -0.286. The van der Waals surface area contributed by atoms with Crippen molar-refractivity contribution in [2.75, 3.05) is 4.90 Å². The van der Waals surface area contributed by atoms with Crippen molar-refractivity contribution >= 4 is 22.7 Å². The molecule has 4 aromatic rings. The molecule has 0 atom stereocenters. The number of rotatable bonds is 4. The average molecular weight is 328 g/mol. The zero-order chi connectivity index (χ0) is 17.1. The Hall–Kier alpha value is -3.40. The zero-order valence-corrected chi connectivity index (χ0v) is 13.5. The third-order valence-electron chi connectivity index (χ3n) is 4.00. The lowest BCUT2D eigenvalue weighted by Crippen LogP contribution is -2.21. The van der Waals surface area contributed by atoms with E-state index in [1.807, 2.05) is 71.6 Å². The average Bonchev–Trinajstić information content (AvgIpc) is 2.67. The second-order valence-electron chi connectivity index (χ2n) is 5.71. The molecule has 1 heterocycles. The fraction of sp³-hybridized carbons (Fsp3) is 0.0476. The number of hydrogen-bond acceptors (Lipinski definition) is 4. The second-order valence-corrected chi connectivity index (χ2v) is 5.71. The summed E-state index contributed by atoms with van der Waals surface area (Å²) in [4.78, 5) is 18.5. The van der Waals surface area contributed by atoms with E-state index in [4.69, 9.17) is 4.42 Å². The van der Waals surface area contributed by atoms with Crippen molar-refractivity contribution in [3.8, 4) is 0 Å². The Morgan fingerprint density at radius 2 is 1.44 bits per heavy atom. The van der Waals surface area contributed by atoms with Crippen LogP contribution in [0.25, 0.3) is 11.0 Å². The summed E-state index contributed by atoms with van der Waals surface area (Å²) in [7, 11) is 0. The standard InChI is InChI=1S/C21H16N2O2/c24-20-18-13-7-8-14-19(18)25-21(22-20)23(17-11-5-2-6-12-17)15-16-9-3-1-4-10-16/h1-14H,15H2. The number of nitrogens with zero attached hydrogens (tertiary/aromatic N) is 2. The van der Waals surface area contributed by atoms with Crippen LogP contribution >= 0.6 is 0 Å². The topological polar surface area (TPSA) is 46.3 Å². The molecule has 25 heavy (non-hydrogen) atoms. The Morgan fingerprint density at radius 1 is 0.800 bits per heavy atom. The highest BCUT2D eigenvalue weighted by molar-refractivity contribution is 5.76. The van der Waals surface area contributed by atoms with E-state index in [2.05, 4.69) is 4.98 Å². The van der Waals surface area contributed by atoms with Crippen LogP contribution in [0.1, 0.15) is 5.56 Å². The fourth-order valence-electron chi connectivity index (χ4n) is 2.76. The van der Waals surface area contributed by atoms with Gasteiger partial charge in [0.1, 0.15) is 5.58 Å². The summed E-state index contributed by atoms with van der Waals surface area (Å²) < 4.78 is 5.95. The monoisotopic (exact) mass is 328 g/mol. The smallest absolute Gasteiger partial charge is 0.306 e. The van der Waals surface area contributed by atoms with E-state index in [9.17, 15) is 4.79 Å². The summed E-state index contributed by atoms with van der Waals surface area (Å²) in [5.41, 5.74) is 2.26. The Balaban J connectivity index is 1.84. The van der Waals surface area contributed by atoms with E-state index in [0.717, 1.165) is 11.3 Å². The molecule has 0 saturated heterocycles. The van der Waals surface area contributed by atoms with Gasteiger partial charge in [-0.1, -0.05) is 60.7 Å². The minimum Gasteiger partial charge on any atom is -0.425 e. The van der Waals surface area contributed by atoms with Crippen molar-refractivity contribution in [3.63, 3.8) is 0 Å². The van der Waals surface area contributed by atoms with Crippen LogP contribution in [-0.2, 0) is 6.54 Å². The molecule has 0 bridgehead atoms. The fourth-order valence-corrected chi connectivity index (χ4v) is 2.76. The molecular weight excluding hydrogens is 312 g/mol. The van der Waals surface area contributed by atoms with Crippen molar-refractivity contribution in [1.82, 2.24) is 4.98 Å². The van der Waals surface area contributed by atoms with Crippen molar-refractivity contribution in [3.05, 3.63) is 101 Å². The van der Waals surface area contributed by atoms with Crippen LogP contribution in [0.5, 0.6) is 0 Å². The van der Waals surface area contributed by atoms with Crippen LogP contribution in [0, 0.1) is 0 Å². The second kappa shape index (κ2) is 6.61. The molecular formula is C21H16N2O2. The number of fused-ring (bicyclic) bond motifs is 1. The lowest BCUT2D eigenvalue weighted by molar-refractivity contribution is 0.568. The van der Waals surface area contributed by atoms with E-state index in [1.54, 1.807) is 18.2 Å². The molecule has 1 aromatic heterocycles. The van der Waals surface area contributed by atoms with Gasteiger partial charge >= 0.3 is 6.01 Å². The highest BCUT2D eigenvalue weighted by atomic mass is 16.4. The van der Waals surface area contributed by atoms with Crippen LogP contribution in [0.2, 0.25) is 0 Å². The molecule has 0 radical (unpaired) electrons. The first-order chi connectivity index (χ1) is 12.3. The predicted octanol–water partition coefficient (Wildman–Crippen LogP) is 4.53. The molecule has 0 unspecified atom stereocenters. The summed E-state index contributed by atoms with van der Waals surface area (Å²) in [6.07, 6.45) is 0. The normalized spacial score (nSPS) is 10.7. The summed E-state index contributed by atoms with van der Waals surface area (Å²) in [6, 6.07) is 27.3. The molecule has 4 nitrogen and oxygen atoms in total. The van der Waals surface area contributed by atoms with Gasteiger partial charge in [0.25, 0.3) is 5.56 Å². The van der Waals surface area contributed by atoms with Crippen LogP contribution < -0.4 is 10.5 Å². The molecule has 0 aliphatic rings. The van der Waals surface area contributed by atoms with Crippen molar-refractivity contribution in [1.29, 1.82) is 0 Å². The van der Waals surface area contributed by atoms with E-state index < -0.39 is 0 Å². The summed E-state index contributed by atoms with van der Waals surface area (Å²) in [5.74, 6) is 0. The van der Waals surface area contributed by atoms with Gasteiger partial charge in [-0.15, -0.1) is 0 Å². The highest BCUT2D eigenvalue weighted by Crippen LogP contribution is 2.27. The highest BCUT2D eigenvalue weighted by Gasteiger charge is 2.16. The third-order valence-corrected chi connectivity index (χ3v) is 4.00. The van der Waals surface area contributed by atoms with Crippen LogP contribution in [0.4, 0.5) is 11.7 Å². The molecule has 0 aliphatic carbocycles. The Kier molecular flexibility index (Phi) is 4.01. The maximum absolute atomic E-state index is 12.4. The van der Waals surface area contributed by atoms with Crippen LogP contribution in [0.15, 0.2) is 94.1 Å². The van der Waals surface area contributed by atoms with E-state index in [-0.39, 0.29) is 5.56 Å². The number of anilines is 2. The molecule has 0 aliphatic heterocycles. The Bertz CT molecular complexity index is 1040. The molecule has 4 heteroatoms. The van der Waals surface area contributed by atoms with Gasteiger partial charge in [-0.05, 0) is 29.8 Å². The van der Waals surface area contributed by atoms with E-state index >= 15 is 0 Å². The largest absolute Gasteiger partial charge is 0.425 e. The van der Waals surface area contributed by atoms with Crippen LogP contribution in [0.3, 0.4) is 0 Å². The molecule has 122 valence electrons. The van der Waals surface area contributed by atoms with Gasteiger partial charge in [0, 0.05) is 5.69 Å². The number of hydrogen-bond donors (Lipinski definition) is 0. The first-order valence-electron chi connectivity index (χ1n) is 8.08. The summed E-state index contributed by atoms with van der Waals surface area (Å²) in [6.45, 7) is 0.555. The van der Waals surface area contributed by atoms with Gasteiger partial charge in [-0.2, -0.15) is 4.98 Å². The minimum absolute atomic E-state index is 0.286. The third kappa shape index (κ3) is 3.15. The molecule has 3 aromatic carbocycles. The molecule has 4 rings (SSSR count). The van der Waals surface area contributed by atoms with Crippen LogP contribution in [-0.4, -0.2) is 4.98 Å². The van der Waals surface area contributed by atoms with Gasteiger partial charge in [0.2, 0.25) is 0 Å². The van der Waals surface area contributed by atoms with Crippen molar-refractivity contribution in [2.24, 2.45) is 0 Å². The van der Waals surface area contributed by atoms with Crippen molar-refractivity contribution in [2.45, 2.75) is 6.54 Å². The van der Waals surface area contributed by atoms with Gasteiger partial charge < -0.3 is 4.42 Å². The maximum Gasteiger partial charge on any atom is 0.306 e. The molecule has 0 saturated carbocycles. The zero-order valence-electron chi connectivity index (χ0n) is 13.5. The summed E-state index contributed by atoms with van der Waals surface area (Å²) >= 11 is 0. The molecule has 0 N–H and O–H groups in total. The van der Waals surface area contributed by atoms with Gasteiger partial charge in [0.15, 0.2) is 0 Å².